The molecule has 7 heteroatoms. The molecule has 4 nitrogen and oxygen atoms in total. The Bertz CT molecular complexity index is 500. The summed E-state index contributed by atoms with van der Waals surface area (Å²) in [6, 6.07) is 3.06. The first kappa shape index (κ1) is 16.0. The second-order valence-electron chi connectivity index (χ2n) is 4.20. The zero-order valence-corrected chi connectivity index (χ0v) is 10.7. The lowest BCUT2D eigenvalue weighted by Crippen LogP contribution is -2.41. The Morgan fingerprint density at radius 3 is 2.40 bits per heavy atom. The second kappa shape index (κ2) is 6.40. The third-order valence-electron chi connectivity index (χ3n) is 2.66. The molecule has 1 aromatic carbocycles. The molecule has 0 saturated heterocycles. The van der Waals surface area contributed by atoms with Crippen LogP contribution in [0.25, 0.3) is 0 Å². The Morgan fingerprint density at radius 1 is 1.30 bits per heavy atom. The highest BCUT2D eigenvalue weighted by molar-refractivity contribution is 5.98. The van der Waals surface area contributed by atoms with Crippen molar-refractivity contribution in [1.29, 1.82) is 0 Å². The van der Waals surface area contributed by atoms with Crippen LogP contribution in [0.4, 0.5) is 13.2 Å². The van der Waals surface area contributed by atoms with Crippen molar-refractivity contribution in [1.82, 2.24) is 5.32 Å². The van der Waals surface area contributed by atoms with E-state index in [1.54, 1.807) is 6.92 Å². The van der Waals surface area contributed by atoms with E-state index in [1.165, 1.54) is 12.1 Å². The molecule has 0 radical (unpaired) electrons. The van der Waals surface area contributed by atoms with E-state index in [2.05, 4.69) is 5.32 Å². The first-order valence-electron chi connectivity index (χ1n) is 5.97. The molecule has 0 spiro atoms. The smallest absolute Gasteiger partial charge is 0.417 e. The molecule has 0 aliphatic carbocycles. The van der Waals surface area contributed by atoms with E-state index in [4.69, 9.17) is 5.11 Å². The zero-order chi connectivity index (χ0) is 15.3. The van der Waals surface area contributed by atoms with Gasteiger partial charge in [0, 0.05) is 0 Å². The molecule has 0 heterocycles. The molecule has 0 bridgehead atoms. The minimum Gasteiger partial charge on any atom is -0.480 e. The molecule has 1 amide bonds. The maximum absolute atomic E-state index is 12.8. The molecule has 0 aliphatic heterocycles. The monoisotopic (exact) mass is 289 g/mol. The predicted octanol–water partition coefficient (Wildman–Crippen LogP) is 2.69. The van der Waals surface area contributed by atoms with Gasteiger partial charge in [0.2, 0.25) is 0 Å². The molecule has 0 aliphatic rings. The number of carbonyl (C=O) groups is 2. The van der Waals surface area contributed by atoms with E-state index in [9.17, 15) is 22.8 Å². The van der Waals surface area contributed by atoms with Gasteiger partial charge in [-0.25, -0.2) is 4.79 Å². The predicted molar refractivity (Wildman–Crippen MR) is 65.2 cm³/mol. The SMILES string of the molecule is CCCC(NC(=O)c1ccccc1C(F)(F)F)C(=O)O. The summed E-state index contributed by atoms with van der Waals surface area (Å²) in [7, 11) is 0. The van der Waals surface area contributed by atoms with Crippen LogP contribution in [-0.4, -0.2) is 23.0 Å². The fraction of sp³-hybridized carbons (Fsp3) is 0.385. The summed E-state index contributed by atoms with van der Waals surface area (Å²) < 4.78 is 38.3. The number of carboxylic acids is 1. The molecular weight excluding hydrogens is 275 g/mol. The number of alkyl halides is 3. The number of amides is 1. The summed E-state index contributed by atoms with van der Waals surface area (Å²) in [5, 5.41) is 11.0. The highest BCUT2D eigenvalue weighted by Crippen LogP contribution is 2.31. The normalized spacial score (nSPS) is 12.8. The van der Waals surface area contributed by atoms with Gasteiger partial charge in [0.1, 0.15) is 6.04 Å². The molecule has 1 aromatic rings. The van der Waals surface area contributed by atoms with Crippen molar-refractivity contribution in [3.05, 3.63) is 35.4 Å². The zero-order valence-electron chi connectivity index (χ0n) is 10.7. The Labute approximate surface area is 113 Å². The number of hydrogen-bond donors (Lipinski definition) is 2. The van der Waals surface area contributed by atoms with Crippen molar-refractivity contribution in [3.63, 3.8) is 0 Å². The minimum absolute atomic E-state index is 0.148. The van der Waals surface area contributed by atoms with Crippen molar-refractivity contribution in [2.45, 2.75) is 32.0 Å². The molecular formula is C13H14F3NO3. The van der Waals surface area contributed by atoms with Crippen molar-refractivity contribution in [2.75, 3.05) is 0 Å². The van der Waals surface area contributed by atoms with Crippen molar-refractivity contribution in [3.8, 4) is 0 Å². The lowest BCUT2D eigenvalue weighted by molar-refractivity contribution is -0.139. The van der Waals surface area contributed by atoms with Crippen LogP contribution in [0.1, 0.15) is 35.7 Å². The van der Waals surface area contributed by atoms with Gasteiger partial charge in [-0.15, -0.1) is 0 Å². The Hall–Kier alpha value is -2.05. The van der Waals surface area contributed by atoms with Crippen LogP contribution in [0.3, 0.4) is 0 Å². The number of carbonyl (C=O) groups excluding carboxylic acids is 1. The van der Waals surface area contributed by atoms with Gasteiger partial charge in [0.25, 0.3) is 5.91 Å². The highest BCUT2D eigenvalue weighted by atomic mass is 19.4. The summed E-state index contributed by atoms with van der Waals surface area (Å²) >= 11 is 0. The molecule has 1 rings (SSSR count). The van der Waals surface area contributed by atoms with Gasteiger partial charge in [-0.1, -0.05) is 25.5 Å². The van der Waals surface area contributed by atoms with Gasteiger partial charge in [0.15, 0.2) is 0 Å². The van der Waals surface area contributed by atoms with Crippen molar-refractivity contribution in [2.24, 2.45) is 0 Å². The third-order valence-corrected chi connectivity index (χ3v) is 2.66. The van der Waals surface area contributed by atoms with E-state index < -0.39 is 35.2 Å². The highest BCUT2D eigenvalue weighted by Gasteiger charge is 2.35. The summed E-state index contributed by atoms with van der Waals surface area (Å²) in [5.41, 5.74) is -1.67. The summed E-state index contributed by atoms with van der Waals surface area (Å²) in [6.07, 6.45) is -4.04. The topological polar surface area (TPSA) is 66.4 Å². The fourth-order valence-corrected chi connectivity index (χ4v) is 1.71. The van der Waals surface area contributed by atoms with Gasteiger partial charge >= 0.3 is 12.1 Å². The third kappa shape index (κ3) is 3.97. The first-order chi connectivity index (χ1) is 9.27. The van der Waals surface area contributed by atoms with E-state index in [0.29, 0.717) is 6.42 Å². The number of halogens is 3. The van der Waals surface area contributed by atoms with Gasteiger partial charge in [0.05, 0.1) is 11.1 Å². The van der Waals surface area contributed by atoms with Crippen LogP contribution in [0.15, 0.2) is 24.3 Å². The minimum atomic E-state index is -4.67. The molecule has 0 fully saturated rings. The summed E-state index contributed by atoms with van der Waals surface area (Å²) in [4.78, 5) is 22.7. The molecule has 1 atom stereocenters. The van der Waals surface area contributed by atoms with E-state index in [1.807, 2.05) is 0 Å². The van der Waals surface area contributed by atoms with Gasteiger partial charge in [-0.05, 0) is 18.6 Å². The van der Waals surface area contributed by atoms with Gasteiger partial charge in [-0.2, -0.15) is 13.2 Å². The van der Waals surface area contributed by atoms with Crippen LogP contribution in [-0.2, 0) is 11.0 Å². The average Bonchev–Trinajstić information content (AvgIpc) is 2.37. The van der Waals surface area contributed by atoms with E-state index in [-0.39, 0.29) is 6.42 Å². The molecule has 20 heavy (non-hydrogen) atoms. The second-order valence-corrected chi connectivity index (χ2v) is 4.20. The Kier molecular flexibility index (Phi) is 5.12. The van der Waals surface area contributed by atoms with E-state index >= 15 is 0 Å². The molecule has 2 N–H and O–H groups in total. The lowest BCUT2D eigenvalue weighted by atomic mass is 10.1. The number of carboxylic acid groups (broad SMARTS) is 1. The largest absolute Gasteiger partial charge is 0.480 e. The fourth-order valence-electron chi connectivity index (χ4n) is 1.71. The van der Waals surface area contributed by atoms with E-state index in [0.717, 1.165) is 12.1 Å². The van der Waals surface area contributed by atoms with Crippen molar-refractivity contribution < 1.29 is 27.9 Å². The molecule has 0 aromatic heterocycles. The van der Waals surface area contributed by atoms with Crippen LogP contribution in [0.5, 0.6) is 0 Å². The summed E-state index contributed by atoms with van der Waals surface area (Å²) in [5.74, 6) is -2.32. The maximum Gasteiger partial charge on any atom is 0.417 e. The standard InChI is InChI=1S/C13H14F3NO3/c1-2-5-10(12(19)20)17-11(18)8-6-3-4-7-9(8)13(14,15)16/h3-4,6-7,10H,2,5H2,1H3,(H,17,18)(H,19,20). The number of hydrogen-bond acceptors (Lipinski definition) is 2. The van der Waals surface area contributed by atoms with Gasteiger partial charge < -0.3 is 10.4 Å². The molecule has 0 saturated carbocycles. The molecule has 110 valence electrons. The van der Waals surface area contributed by atoms with Crippen LogP contribution < -0.4 is 5.32 Å². The Morgan fingerprint density at radius 2 is 1.90 bits per heavy atom. The quantitative estimate of drug-likeness (QED) is 0.875. The first-order valence-corrected chi connectivity index (χ1v) is 5.97. The van der Waals surface area contributed by atoms with Crippen molar-refractivity contribution >= 4 is 11.9 Å². The van der Waals surface area contributed by atoms with Gasteiger partial charge in [-0.3, -0.25) is 4.79 Å². The van der Waals surface area contributed by atoms with Crippen LogP contribution in [0, 0.1) is 0 Å². The number of benzene rings is 1. The van der Waals surface area contributed by atoms with Crippen LogP contribution >= 0.6 is 0 Å². The number of aliphatic carboxylic acids is 1. The van der Waals surface area contributed by atoms with Crippen LogP contribution in [0.2, 0.25) is 0 Å². The lowest BCUT2D eigenvalue weighted by Gasteiger charge is -2.16. The average molecular weight is 289 g/mol. The summed E-state index contributed by atoms with van der Waals surface area (Å²) in [6.45, 7) is 1.71. The molecule has 1 unspecified atom stereocenters. The number of nitrogens with one attached hydrogen (secondary N) is 1. The Balaban J connectivity index is 3.01. The number of rotatable bonds is 5. The maximum atomic E-state index is 12.8.